The molecule has 0 bridgehead atoms. The number of hydrogen-bond acceptors (Lipinski definition) is 1. The third kappa shape index (κ3) is 11.7. The number of hydrogen-bond donors (Lipinski definition) is 1. The summed E-state index contributed by atoms with van der Waals surface area (Å²) in [6, 6.07) is 0.344. The van der Waals surface area contributed by atoms with Crippen LogP contribution in [0.2, 0.25) is 0 Å². The standard InChI is InChI=1S/C15H31NO/c1-4-6-7-8-9-10-11-13-15(17)16-14(3)12-5-2/h14H,4-13H2,1-3H3,(H,16,17). The van der Waals surface area contributed by atoms with Crippen LogP contribution < -0.4 is 5.32 Å². The molecular formula is C15H31NO. The van der Waals surface area contributed by atoms with Crippen LogP contribution in [-0.4, -0.2) is 11.9 Å². The summed E-state index contributed by atoms with van der Waals surface area (Å²) < 4.78 is 0. The first-order valence-electron chi connectivity index (χ1n) is 7.50. The predicted octanol–water partition coefficient (Wildman–Crippen LogP) is 4.43. The lowest BCUT2D eigenvalue weighted by molar-refractivity contribution is -0.121. The van der Waals surface area contributed by atoms with Crippen LogP contribution in [-0.2, 0) is 4.79 Å². The van der Waals surface area contributed by atoms with E-state index < -0.39 is 0 Å². The second kappa shape index (κ2) is 11.9. The summed E-state index contributed by atoms with van der Waals surface area (Å²) in [6.07, 6.45) is 11.8. The van der Waals surface area contributed by atoms with Crippen LogP contribution in [0.1, 0.15) is 85.0 Å². The zero-order valence-corrected chi connectivity index (χ0v) is 12.1. The third-order valence-electron chi connectivity index (χ3n) is 3.14. The zero-order chi connectivity index (χ0) is 12.9. The monoisotopic (exact) mass is 241 g/mol. The fourth-order valence-electron chi connectivity index (χ4n) is 2.09. The average molecular weight is 241 g/mol. The molecule has 1 unspecified atom stereocenters. The van der Waals surface area contributed by atoms with Crippen molar-refractivity contribution in [2.75, 3.05) is 0 Å². The number of carbonyl (C=O) groups excluding carboxylic acids is 1. The fraction of sp³-hybridized carbons (Fsp3) is 0.933. The SMILES string of the molecule is CCCCCCCCCC(=O)NC(C)CCC. The summed E-state index contributed by atoms with van der Waals surface area (Å²) in [5.74, 6) is 0.236. The Bertz CT molecular complexity index is 180. The summed E-state index contributed by atoms with van der Waals surface area (Å²) in [7, 11) is 0. The molecule has 17 heavy (non-hydrogen) atoms. The van der Waals surface area contributed by atoms with Crippen LogP contribution >= 0.6 is 0 Å². The Balaban J connectivity index is 3.27. The van der Waals surface area contributed by atoms with E-state index in [4.69, 9.17) is 0 Å². The van der Waals surface area contributed by atoms with Crippen LogP contribution in [0.3, 0.4) is 0 Å². The smallest absolute Gasteiger partial charge is 0.220 e. The lowest BCUT2D eigenvalue weighted by Gasteiger charge is -2.12. The molecule has 1 amide bonds. The predicted molar refractivity (Wildman–Crippen MR) is 75.1 cm³/mol. The maximum atomic E-state index is 11.6. The van der Waals surface area contributed by atoms with Gasteiger partial charge in [0.25, 0.3) is 0 Å². The molecule has 1 N–H and O–H groups in total. The zero-order valence-electron chi connectivity index (χ0n) is 12.1. The number of unbranched alkanes of at least 4 members (excludes halogenated alkanes) is 6. The highest BCUT2D eigenvalue weighted by Gasteiger charge is 2.05. The molecule has 0 heterocycles. The van der Waals surface area contributed by atoms with E-state index in [1.165, 1.54) is 38.5 Å². The van der Waals surface area contributed by atoms with Crippen molar-refractivity contribution >= 4 is 5.91 Å². The molecule has 0 spiro atoms. The van der Waals surface area contributed by atoms with Gasteiger partial charge in [0.05, 0.1) is 0 Å². The molecule has 0 aromatic heterocycles. The van der Waals surface area contributed by atoms with Gasteiger partial charge in [-0.3, -0.25) is 4.79 Å². The second-order valence-electron chi connectivity index (χ2n) is 5.13. The normalized spacial score (nSPS) is 12.4. The van der Waals surface area contributed by atoms with Crippen molar-refractivity contribution in [3.8, 4) is 0 Å². The van der Waals surface area contributed by atoms with E-state index in [1.54, 1.807) is 0 Å². The molecule has 0 aromatic rings. The maximum Gasteiger partial charge on any atom is 0.220 e. The molecule has 2 nitrogen and oxygen atoms in total. The van der Waals surface area contributed by atoms with Crippen molar-refractivity contribution in [1.82, 2.24) is 5.32 Å². The summed E-state index contributed by atoms with van der Waals surface area (Å²) in [5, 5.41) is 3.05. The molecule has 102 valence electrons. The van der Waals surface area contributed by atoms with Crippen LogP contribution in [0.5, 0.6) is 0 Å². The van der Waals surface area contributed by atoms with Gasteiger partial charge in [0.2, 0.25) is 5.91 Å². The number of amides is 1. The first-order valence-corrected chi connectivity index (χ1v) is 7.50. The van der Waals surface area contributed by atoms with Crippen LogP contribution in [0.4, 0.5) is 0 Å². The highest BCUT2D eigenvalue weighted by atomic mass is 16.1. The molecular weight excluding hydrogens is 210 g/mol. The first kappa shape index (κ1) is 16.5. The van der Waals surface area contributed by atoms with Gasteiger partial charge in [0.15, 0.2) is 0 Å². The molecule has 0 aromatic carbocycles. The van der Waals surface area contributed by atoms with Crippen LogP contribution in [0.25, 0.3) is 0 Å². The van der Waals surface area contributed by atoms with Crippen molar-refractivity contribution in [1.29, 1.82) is 0 Å². The number of rotatable bonds is 11. The van der Waals surface area contributed by atoms with Gasteiger partial charge in [-0.1, -0.05) is 58.8 Å². The van der Waals surface area contributed by atoms with E-state index in [-0.39, 0.29) is 5.91 Å². The van der Waals surface area contributed by atoms with Crippen molar-refractivity contribution < 1.29 is 4.79 Å². The topological polar surface area (TPSA) is 29.1 Å². The van der Waals surface area contributed by atoms with E-state index >= 15 is 0 Å². The van der Waals surface area contributed by atoms with E-state index in [0.29, 0.717) is 12.5 Å². The largest absolute Gasteiger partial charge is 0.354 e. The number of carbonyl (C=O) groups is 1. The molecule has 0 rings (SSSR count). The Morgan fingerprint density at radius 3 is 2.12 bits per heavy atom. The Morgan fingerprint density at radius 1 is 0.941 bits per heavy atom. The fourth-order valence-corrected chi connectivity index (χ4v) is 2.09. The quantitative estimate of drug-likeness (QED) is 0.533. The highest BCUT2D eigenvalue weighted by Crippen LogP contribution is 2.08. The summed E-state index contributed by atoms with van der Waals surface area (Å²) in [5.41, 5.74) is 0. The first-order chi connectivity index (χ1) is 8.20. The summed E-state index contributed by atoms with van der Waals surface area (Å²) in [6.45, 7) is 6.48. The van der Waals surface area contributed by atoms with Crippen LogP contribution in [0, 0.1) is 0 Å². The molecule has 0 aliphatic carbocycles. The van der Waals surface area contributed by atoms with Crippen molar-refractivity contribution in [3.05, 3.63) is 0 Å². The Kier molecular flexibility index (Phi) is 11.6. The summed E-state index contributed by atoms with van der Waals surface area (Å²) in [4.78, 5) is 11.6. The van der Waals surface area contributed by atoms with Crippen molar-refractivity contribution in [2.45, 2.75) is 91.0 Å². The molecule has 0 saturated carbocycles. The van der Waals surface area contributed by atoms with E-state index in [0.717, 1.165) is 19.3 Å². The van der Waals surface area contributed by atoms with Gasteiger partial charge < -0.3 is 5.32 Å². The molecule has 0 saturated heterocycles. The van der Waals surface area contributed by atoms with E-state index in [2.05, 4.69) is 26.1 Å². The Morgan fingerprint density at radius 2 is 1.53 bits per heavy atom. The minimum atomic E-state index is 0.236. The van der Waals surface area contributed by atoms with E-state index in [9.17, 15) is 4.79 Å². The Hall–Kier alpha value is -0.530. The lowest BCUT2D eigenvalue weighted by Crippen LogP contribution is -2.32. The maximum absolute atomic E-state index is 11.6. The van der Waals surface area contributed by atoms with Gasteiger partial charge in [0, 0.05) is 12.5 Å². The second-order valence-corrected chi connectivity index (χ2v) is 5.13. The Labute approximate surface area is 108 Å². The lowest BCUT2D eigenvalue weighted by atomic mass is 10.1. The molecule has 0 aliphatic heterocycles. The highest BCUT2D eigenvalue weighted by molar-refractivity contribution is 5.76. The van der Waals surface area contributed by atoms with Crippen LogP contribution in [0.15, 0.2) is 0 Å². The molecule has 2 heteroatoms. The average Bonchev–Trinajstić information content (AvgIpc) is 2.28. The minimum absolute atomic E-state index is 0.236. The van der Waals surface area contributed by atoms with Gasteiger partial charge in [-0.25, -0.2) is 0 Å². The van der Waals surface area contributed by atoms with Gasteiger partial charge in [-0.05, 0) is 19.8 Å². The van der Waals surface area contributed by atoms with Gasteiger partial charge >= 0.3 is 0 Å². The summed E-state index contributed by atoms with van der Waals surface area (Å²) >= 11 is 0. The van der Waals surface area contributed by atoms with Crippen molar-refractivity contribution in [2.24, 2.45) is 0 Å². The van der Waals surface area contributed by atoms with Gasteiger partial charge in [-0.2, -0.15) is 0 Å². The molecule has 0 fully saturated rings. The minimum Gasteiger partial charge on any atom is -0.354 e. The number of nitrogens with one attached hydrogen (secondary N) is 1. The van der Waals surface area contributed by atoms with Gasteiger partial charge in [0.1, 0.15) is 0 Å². The van der Waals surface area contributed by atoms with Gasteiger partial charge in [-0.15, -0.1) is 0 Å². The third-order valence-corrected chi connectivity index (χ3v) is 3.14. The molecule has 1 atom stereocenters. The van der Waals surface area contributed by atoms with E-state index in [1.807, 2.05) is 0 Å². The molecule has 0 radical (unpaired) electrons. The molecule has 0 aliphatic rings. The van der Waals surface area contributed by atoms with Crippen molar-refractivity contribution in [3.63, 3.8) is 0 Å².